The Kier molecular flexibility index (Phi) is 5.84. The minimum Gasteiger partial charge on any atom is -0.323 e. The molecule has 0 spiro atoms. The van der Waals surface area contributed by atoms with Crippen molar-refractivity contribution < 1.29 is 14.0 Å². The second kappa shape index (κ2) is 8.30. The zero-order chi connectivity index (χ0) is 20.3. The SMILES string of the molecule is Cc1ccc(F)cc1NC(=O)c1nnn(CC(=O)Nc2ccccc2Br)c1C. The lowest BCUT2D eigenvalue weighted by molar-refractivity contribution is -0.117. The van der Waals surface area contributed by atoms with Crippen molar-refractivity contribution in [2.45, 2.75) is 20.4 Å². The molecule has 0 saturated heterocycles. The molecule has 0 aliphatic rings. The van der Waals surface area contributed by atoms with Gasteiger partial charge in [-0.25, -0.2) is 9.07 Å². The molecule has 0 unspecified atom stereocenters. The van der Waals surface area contributed by atoms with E-state index in [1.807, 2.05) is 12.1 Å². The van der Waals surface area contributed by atoms with Gasteiger partial charge in [-0.3, -0.25) is 9.59 Å². The molecule has 0 atom stereocenters. The third-order valence-electron chi connectivity index (χ3n) is 4.09. The number of hydrogen-bond acceptors (Lipinski definition) is 4. The number of nitrogens with one attached hydrogen (secondary N) is 2. The van der Waals surface area contributed by atoms with Gasteiger partial charge in [0.05, 0.1) is 11.4 Å². The standard InChI is InChI=1S/C19H17BrFN5O2/c1-11-7-8-13(21)9-16(11)23-19(28)18-12(2)26(25-24-18)10-17(27)22-15-6-4-3-5-14(15)20/h3-9H,10H2,1-2H3,(H,22,27)(H,23,28). The van der Waals surface area contributed by atoms with Gasteiger partial charge in [0.25, 0.3) is 5.91 Å². The van der Waals surface area contributed by atoms with Crippen LogP contribution in [0, 0.1) is 19.7 Å². The normalized spacial score (nSPS) is 10.6. The predicted octanol–water partition coefficient (Wildman–Crippen LogP) is 3.69. The first-order valence-corrected chi connectivity index (χ1v) is 9.16. The lowest BCUT2D eigenvalue weighted by Crippen LogP contribution is -2.21. The van der Waals surface area contributed by atoms with Gasteiger partial charge in [-0.2, -0.15) is 0 Å². The molecule has 7 nitrogen and oxygen atoms in total. The second-order valence-corrected chi connectivity index (χ2v) is 6.98. The third kappa shape index (κ3) is 4.42. The first-order chi connectivity index (χ1) is 13.3. The summed E-state index contributed by atoms with van der Waals surface area (Å²) in [6.45, 7) is 3.29. The van der Waals surface area contributed by atoms with Crippen LogP contribution in [0.2, 0.25) is 0 Å². The number of carbonyl (C=O) groups is 2. The molecular formula is C19H17BrFN5O2. The molecule has 0 fully saturated rings. The van der Waals surface area contributed by atoms with Crippen molar-refractivity contribution in [1.29, 1.82) is 0 Å². The zero-order valence-electron chi connectivity index (χ0n) is 15.2. The van der Waals surface area contributed by atoms with E-state index >= 15 is 0 Å². The molecule has 3 aromatic rings. The van der Waals surface area contributed by atoms with E-state index in [4.69, 9.17) is 0 Å². The molecule has 0 aliphatic carbocycles. The van der Waals surface area contributed by atoms with E-state index < -0.39 is 11.7 Å². The highest BCUT2D eigenvalue weighted by molar-refractivity contribution is 9.10. The zero-order valence-corrected chi connectivity index (χ0v) is 16.7. The number of rotatable bonds is 5. The number of benzene rings is 2. The van der Waals surface area contributed by atoms with Gasteiger partial charge in [-0.05, 0) is 59.6 Å². The van der Waals surface area contributed by atoms with Crippen molar-refractivity contribution in [1.82, 2.24) is 15.0 Å². The first kappa shape index (κ1) is 19.7. The van der Waals surface area contributed by atoms with Crippen LogP contribution >= 0.6 is 15.9 Å². The van der Waals surface area contributed by atoms with Crippen LogP contribution in [0.25, 0.3) is 0 Å². The Bertz CT molecular complexity index is 1050. The molecule has 0 aliphatic heterocycles. The van der Waals surface area contributed by atoms with Gasteiger partial charge in [0.15, 0.2) is 5.69 Å². The maximum atomic E-state index is 13.4. The maximum absolute atomic E-state index is 13.4. The van der Waals surface area contributed by atoms with Crippen LogP contribution in [0.4, 0.5) is 15.8 Å². The monoisotopic (exact) mass is 445 g/mol. The Morgan fingerprint density at radius 1 is 1.11 bits per heavy atom. The molecule has 28 heavy (non-hydrogen) atoms. The van der Waals surface area contributed by atoms with Gasteiger partial charge in [-0.1, -0.05) is 23.4 Å². The molecule has 144 valence electrons. The average Bonchev–Trinajstić information content (AvgIpc) is 3.00. The lowest BCUT2D eigenvalue weighted by Gasteiger charge is -2.09. The number of amides is 2. The molecule has 2 N–H and O–H groups in total. The minimum absolute atomic E-state index is 0.0670. The fourth-order valence-corrected chi connectivity index (χ4v) is 2.90. The summed E-state index contributed by atoms with van der Waals surface area (Å²) in [5.74, 6) is -1.29. The van der Waals surface area contributed by atoms with Crippen LogP contribution < -0.4 is 10.6 Å². The summed E-state index contributed by atoms with van der Waals surface area (Å²) in [7, 11) is 0. The Morgan fingerprint density at radius 2 is 1.86 bits per heavy atom. The minimum atomic E-state index is -0.524. The van der Waals surface area contributed by atoms with Crippen LogP contribution in [-0.4, -0.2) is 26.8 Å². The van der Waals surface area contributed by atoms with Crippen LogP contribution in [0.5, 0.6) is 0 Å². The molecule has 1 heterocycles. The van der Waals surface area contributed by atoms with Gasteiger partial charge in [-0.15, -0.1) is 5.10 Å². The summed E-state index contributed by atoms with van der Waals surface area (Å²) in [5.41, 5.74) is 2.19. The Morgan fingerprint density at radius 3 is 2.61 bits per heavy atom. The van der Waals surface area contributed by atoms with Crippen LogP contribution in [-0.2, 0) is 11.3 Å². The smallest absolute Gasteiger partial charge is 0.278 e. The van der Waals surface area contributed by atoms with Crippen LogP contribution in [0.15, 0.2) is 46.9 Å². The number of aromatic nitrogens is 3. The molecule has 1 aromatic heterocycles. The first-order valence-electron chi connectivity index (χ1n) is 8.37. The van der Waals surface area contributed by atoms with E-state index in [9.17, 15) is 14.0 Å². The maximum Gasteiger partial charge on any atom is 0.278 e. The molecule has 0 bridgehead atoms. The Hall–Kier alpha value is -3.07. The molecule has 2 aromatic carbocycles. The number of aryl methyl sites for hydroxylation is 1. The van der Waals surface area contributed by atoms with E-state index in [0.717, 1.165) is 4.47 Å². The van der Waals surface area contributed by atoms with Crippen LogP contribution in [0.1, 0.15) is 21.7 Å². The van der Waals surface area contributed by atoms with E-state index in [1.165, 1.54) is 16.8 Å². The van der Waals surface area contributed by atoms with Gasteiger partial charge in [0.1, 0.15) is 12.4 Å². The largest absolute Gasteiger partial charge is 0.323 e. The molecular weight excluding hydrogens is 429 g/mol. The van der Waals surface area contributed by atoms with Gasteiger partial charge >= 0.3 is 0 Å². The fraction of sp³-hybridized carbons (Fsp3) is 0.158. The second-order valence-electron chi connectivity index (χ2n) is 6.12. The molecule has 0 saturated carbocycles. The summed E-state index contributed by atoms with van der Waals surface area (Å²) < 4.78 is 15.5. The van der Waals surface area contributed by atoms with Gasteiger partial charge in [0.2, 0.25) is 5.91 Å². The Labute approximate surface area is 169 Å². The predicted molar refractivity (Wildman–Crippen MR) is 107 cm³/mol. The van der Waals surface area contributed by atoms with E-state index in [2.05, 4.69) is 36.9 Å². The van der Waals surface area contributed by atoms with Gasteiger partial charge < -0.3 is 10.6 Å². The highest BCUT2D eigenvalue weighted by Gasteiger charge is 2.19. The molecule has 2 amide bonds. The van der Waals surface area contributed by atoms with Gasteiger partial charge in [0, 0.05) is 10.2 Å². The van der Waals surface area contributed by atoms with E-state index in [-0.39, 0.29) is 18.1 Å². The number of halogens is 2. The van der Waals surface area contributed by atoms with Crippen molar-refractivity contribution in [3.05, 3.63) is 69.7 Å². The number of carbonyl (C=O) groups excluding carboxylic acids is 2. The van der Waals surface area contributed by atoms with Crippen molar-refractivity contribution >= 4 is 39.1 Å². The highest BCUT2D eigenvalue weighted by atomic mass is 79.9. The van der Waals surface area contributed by atoms with Crippen molar-refractivity contribution in [3.63, 3.8) is 0 Å². The topological polar surface area (TPSA) is 88.9 Å². The average molecular weight is 446 g/mol. The summed E-state index contributed by atoms with van der Waals surface area (Å²) in [6, 6.07) is 11.3. The number of nitrogens with zero attached hydrogens (tertiary/aromatic N) is 3. The summed E-state index contributed by atoms with van der Waals surface area (Å²) in [4.78, 5) is 24.8. The number of hydrogen-bond donors (Lipinski definition) is 2. The molecule has 0 radical (unpaired) electrons. The highest BCUT2D eigenvalue weighted by Crippen LogP contribution is 2.21. The van der Waals surface area contributed by atoms with Crippen molar-refractivity contribution in [2.24, 2.45) is 0 Å². The Balaban J connectivity index is 1.71. The quantitative estimate of drug-likeness (QED) is 0.626. The number of anilines is 2. The summed E-state index contributed by atoms with van der Waals surface area (Å²) in [5, 5.41) is 13.1. The molecule has 3 rings (SSSR count). The van der Waals surface area contributed by atoms with E-state index in [1.54, 1.807) is 32.0 Å². The number of para-hydroxylation sites is 1. The van der Waals surface area contributed by atoms with E-state index in [0.29, 0.717) is 22.6 Å². The van der Waals surface area contributed by atoms with Crippen molar-refractivity contribution in [3.8, 4) is 0 Å². The summed E-state index contributed by atoms with van der Waals surface area (Å²) in [6.07, 6.45) is 0. The van der Waals surface area contributed by atoms with Crippen LogP contribution in [0.3, 0.4) is 0 Å². The van der Waals surface area contributed by atoms with Crippen molar-refractivity contribution in [2.75, 3.05) is 10.6 Å². The lowest BCUT2D eigenvalue weighted by atomic mass is 10.2. The fourth-order valence-electron chi connectivity index (χ4n) is 2.52. The third-order valence-corrected chi connectivity index (χ3v) is 4.78. The molecule has 9 heteroatoms. The summed E-state index contributed by atoms with van der Waals surface area (Å²) >= 11 is 3.36.